The highest BCUT2D eigenvalue weighted by molar-refractivity contribution is 7.89. The van der Waals surface area contributed by atoms with Crippen molar-refractivity contribution < 1.29 is 13.2 Å². The van der Waals surface area contributed by atoms with Crippen molar-refractivity contribution in [3.63, 3.8) is 0 Å². The lowest BCUT2D eigenvalue weighted by atomic mass is 10.0. The molecular formula is C16H21N3O3S. The Labute approximate surface area is 137 Å². The van der Waals surface area contributed by atoms with E-state index >= 15 is 0 Å². The van der Waals surface area contributed by atoms with Crippen molar-refractivity contribution in [3.05, 3.63) is 35.4 Å². The minimum atomic E-state index is -3.22. The van der Waals surface area contributed by atoms with E-state index in [2.05, 4.69) is 4.72 Å². The van der Waals surface area contributed by atoms with E-state index in [0.29, 0.717) is 43.5 Å². The Hall–Kier alpha value is -1.91. The average Bonchev–Trinajstić information content (AvgIpc) is 2.54. The van der Waals surface area contributed by atoms with Gasteiger partial charge in [-0.3, -0.25) is 4.79 Å². The number of carbonyl (C=O) groups excluding carboxylic acids is 1. The van der Waals surface area contributed by atoms with Crippen LogP contribution >= 0.6 is 0 Å². The van der Waals surface area contributed by atoms with Gasteiger partial charge in [-0.15, -0.1) is 0 Å². The van der Waals surface area contributed by atoms with Gasteiger partial charge in [0.1, 0.15) is 0 Å². The number of piperidine rings is 1. The fourth-order valence-corrected chi connectivity index (χ4v) is 4.09. The van der Waals surface area contributed by atoms with Gasteiger partial charge in [-0.1, -0.05) is 13.0 Å². The fourth-order valence-electron chi connectivity index (χ4n) is 2.69. The molecule has 124 valence electrons. The topological polar surface area (TPSA) is 90.3 Å². The molecule has 0 spiro atoms. The zero-order valence-corrected chi connectivity index (χ0v) is 14.0. The van der Waals surface area contributed by atoms with Crippen LogP contribution in [0.1, 0.15) is 42.1 Å². The number of hydrogen-bond donors (Lipinski definition) is 1. The van der Waals surface area contributed by atoms with Crippen molar-refractivity contribution in [3.8, 4) is 6.07 Å². The van der Waals surface area contributed by atoms with Gasteiger partial charge < -0.3 is 4.90 Å². The number of benzene rings is 1. The lowest BCUT2D eigenvalue weighted by Crippen LogP contribution is -2.47. The van der Waals surface area contributed by atoms with Crippen LogP contribution in [0.4, 0.5) is 0 Å². The number of amides is 1. The van der Waals surface area contributed by atoms with E-state index in [1.165, 1.54) is 0 Å². The molecule has 0 unspecified atom stereocenters. The molecule has 1 heterocycles. The first-order chi connectivity index (χ1) is 10.9. The lowest BCUT2D eigenvalue weighted by Gasteiger charge is -2.32. The summed E-state index contributed by atoms with van der Waals surface area (Å²) >= 11 is 0. The summed E-state index contributed by atoms with van der Waals surface area (Å²) in [6, 6.07) is 8.54. The van der Waals surface area contributed by atoms with Gasteiger partial charge in [-0.2, -0.15) is 5.26 Å². The number of carbonyl (C=O) groups is 1. The SMILES string of the molecule is CCCS(=O)(=O)NC1CCN(C(=O)c2cccc(C#N)c2)CC1. The summed E-state index contributed by atoms with van der Waals surface area (Å²) in [5.74, 6) is 0.0181. The number of rotatable bonds is 5. The second kappa shape index (κ2) is 7.57. The molecule has 1 aliphatic heterocycles. The average molecular weight is 335 g/mol. The van der Waals surface area contributed by atoms with Crippen LogP contribution < -0.4 is 4.72 Å². The zero-order chi connectivity index (χ0) is 16.9. The number of nitrogens with zero attached hydrogens (tertiary/aromatic N) is 2. The first kappa shape index (κ1) is 17.4. The van der Waals surface area contributed by atoms with E-state index in [-0.39, 0.29) is 17.7 Å². The molecule has 1 fully saturated rings. The van der Waals surface area contributed by atoms with E-state index in [9.17, 15) is 13.2 Å². The van der Waals surface area contributed by atoms with E-state index in [1.807, 2.05) is 13.0 Å². The van der Waals surface area contributed by atoms with E-state index < -0.39 is 10.0 Å². The Bertz CT molecular complexity index is 702. The third kappa shape index (κ3) is 4.78. The molecular weight excluding hydrogens is 314 g/mol. The number of likely N-dealkylation sites (tertiary alicyclic amines) is 1. The van der Waals surface area contributed by atoms with Gasteiger partial charge in [0, 0.05) is 24.7 Å². The molecule has 1 N–H and O–H groups in total. The number of nitriles is 1. The lowest BCUT2D eigenvalue weighted by molar-refractivity contribution is 0.0711. The first-order valence-corrected chi connectivity index (χ1v) is 9.40. The van der Waals surface area contributed by atoms with Gasteiger partial charge >= 0.3 is 0 Å². The van der Waals surface area contributed by atoms with Gasteiger partial charge in [-0.05, 0) is 37.5 Å². The fraction of sp³-hybridized carbons (Fsp3) is 0.500. The van der Waals surface area contributed by atoms with Crippen LogP contribution in [-0.2, 0) is 10.0 Å². The summed E-state index contributed by atoms with van der Waals surface area (Å²) in [7, 11) is -3.22. The monoisotopic (exact) mass is 335 g/mol. The zero-order valence-electron chi connectivity index (χ0n) is 13.2. The number of sulfonamides is 1. The van der Waals surface area contributed by atoms with Crippen LogP contribution in [0.15, 0.2) is 24.3 Å². The second-order valence-electron chi connectivity index (χ2n) is 5.70. The van der Waals surface area contributed by atoms with E-state index in [0.717, 1.165) is 0 Å². The number of hydrogen-bond acceptors (Lipinski definition) is 4. The van der Waals surface area contributed by atoms with Crippen molar-refractivity contribution in [2.24, 2.45) is 0 Å². The van der Waals surface area contributed by atoms with Crippen LogP contribution in [0.25, 0.3) is 0 Å². The molecule has 1 aromatic carbocycles. The van der Waals surface area contributed by atoms with Crippen molar-refractivity contribution in [1.29, 1.82) is 5.26 Å². The van der Waals surface area contributed by atoms with Crippen LogP contribution in [0.2, 0.25) is 0 Å². The van der Waals surface area contributed by atoms with Gasteiger partial charge in [-0.25, -0.2) is 13.1 Å². The highest BCUT2D eigenvalue weighted by atomic mass is 32.2. The predicted molar refractivity (Wildman–Crippen MR) is 87.3 cm³/mol. The Balaban J connectivity index is 1.94. The maximum Gasteiger partial charge on any atom is 0.253 e. The first-order valence-electron chi connectivity index (χ1n) is 7.74. The molecule has 2 rings (SSSR count). The molecule has 0 bridgehead atoms. The molecule has 1 aliphatic rings. The van der Waals surface area contributed by atoms with Gasteiger partial charge in [0.2, 0.25) is 10.0 Å². The minimum absolute atomic E-state index is 0.110. The van der Waals surface area contributed by atoms with Crippen molar-refractivity contribution in [2.75, 3.05) is 18.8 Å². The second-order valence-corrected chi connectivity index (χ2v) is 7.57. The molecule has 0 radical (unpaired) electrons. The summed E-state index contributed by atoms with van der Waals surface area (Å²) in [6.07, 6.45) is 1.79. The summed E-state index contributed by atoms with van der Waals surface area (Å²) in [4.78, 5) is 14.1. The molecule has 1 aromatic rings. The van der Waals surface area contributed by atoms with Gasteiger partial charge in [0.25, 0.3) is 5.91 Å². The van der Waals surface area contributed by atoms with Crippen molar-refractivity contribution >= 4 is 15.9 Å². The summed E-state index contributed by atoms with van der Waals surface area (Å²) in [5.41, 5.74) is 0.951. The minimum Gasteiger partial charge on any atom is -0.339 e. The standard InChI is InChI=1S/C16H21N3O3S/c1-2-10-23(21,22)18-15-6-8-19(9-7-15)16(20)14-5-3-4-13(11-14)12-17/h3-5,11,15,18H,2,6-10H2,1H3. The summed E-state index contributed by atoms with van der Waals surface area (Å²) in [5, 5.41) is 8.90. The largest absolute Gasteiger partial charge is 0.339 e. The Morgan fingerprint density at radius 3 is 2.70 bits per heavy atom. The van der Waals surface area contributed by atoms with E-state index in [4.69, 9.17) is 5.26 Å². The summed E-state index contributed by atoms with van der Waals surface area (Å²) < 4.78 is 26.3. The highest BCUT2D eigenvalue weighted by Crippen LogP contribution is 2.15. The van der Waals surface area contributed by atoms with Crippen molar-refractivity contribution in [1.82, 2.24) is 9.62 Å². The third-order valence-electron chi connectivity index (χ3n) is 3.84. The van der Waals surface area contributed by atoms with Crippen LogP contribution in [-0.4, -0.2) is 44.1 Å². The van der Waals surface area contributed by atoms with Crippen molar-refractivity contribution in [2.45, 2.75) is 32.2 Å². The molecule has 0 aliphatic carbocycles. The van der Waals surface area contributed by atoms with Crippen LogP contribution in [0.3, 0.4) is 0 Å². The molecule has 7 heteroatoms. The Morgan fingerprint density at radius 1 is 1.39 bits per heavy atom. The maximum atomic E-state index is 12.4. The maximum absolute atomic E-state index is 12.4. The molecule has 23 heavy (non-hydrogen) atoms. The molecule has 0 aromatic heterocycles. The van der Waals surface area contributed by atoms with Crippen LogP contribution in [0, 0.1) is 11.3 Å². The molecule has 1 amide bonds. The Morgan fingerprint density at radius 2 is 2.09 bits per heavy atom. The Kier molecular flexibility index (Phi) is 5.74. The quantitative estimate of drug-likeness (QED) is 0.883. The van der Waals surface area contributed by atoms with E-state index in [1.54, 1.807) is 29.2 Å². The molecule has 0 saturated carbocycles. The highest BCUT2D eigenvalue weighted by Gasteiger charge is 2.26. The summed E-state index contributed by atoms with van der Waals surface area (Å²) in [6.45, 7) is 2.85. The normalized spacial score (nSPS) is 16.1. The third-order valence-corrected chi connectivity index (χ3v) is 5.48. The predicted octanol–water partition coefficient (Wildman–Crippen LogP) is 1.49. The molecule has 0 atom stereocenters. The van der Waals surface area contributed by atoms with Crippen LogP contribution in [0.5, 0.6) is 0 Å². The smallest absolute Gasteiger partial charge is 0.253 e. The molecule has 6 nitrogen and oxygen atoms in total. The number of nitrogens with one attached hydrogen (secondary N) is 1. The van der Waals surface area contributed by atoms with Gasteiger partial charge in [0.05, 0.1) is 17.4 Å². The molecule has 1 saturated heterocycles. The van der Waals surface area contributed by atoms with Gasteiger partial charge in [0.15, 0.2) is 0 Å².